The molecule has 9 heteroatoms. The van der Waals surface area contributed by atoms with Crippen molar-refractivity contribution in [3.63, 3.8) is 0 Å². The zero-order chi connectivity index (χ0) is 18.4. The van der Waals surface area contributed by atoms with E-state index >= 15 is 0 Å². The van der Waals surface area contributed by atoms with Crippen molar-refractivity contribution in [3.05, 3.63) is 69.8 Å². The topological polar surface area (TPSA) is 111 Å². The first-order chi connectivity index (χ1) is 11.9. The van der Waals surface area contributed by atoms with Gasteiger partial charge in [0.15, 0.2) is 5.11 Å². The summed E-state index contributed by atoms with van der Waals surface area (Å²) >= 11 is 5.02. The van der Waals surface area contributed by atoms with Crippen molar-refractivity contribution >= 4 is 40.6 Å². The van der Waals surface area contributed by atoms with Crippen LogP contribution in [0.1, 0.15) is 20.7 Å². The number of nitrogens with zero attached hydrogens (tertiary/aromatic N) is 1. The number of anilines is 1. The molecule has 8 nitrogen and oxygen atoms in total. The number of para-hydroxylation sites is 1. The van der Waals surface area contributed by atoms with Crippen LogP contribution in [0.2, 0.25) is 0 Å². The van der Waals surface area contributed by atoms with E-state index in [1.165, 1.54) is 43.5 Å². The van der Waals surface area contributed by atoms with Gasteiger partial charge in [0.05, 0.1) is 17.6 Å². The highest BCUT2D eigenvalue weighted by Gasteiger charge is 2.19. The van der Waals surface area contributed by atoms with Crippen LogP contribution >= 0.6 is 12.2 Å². The number of nitro groups is 1. The molecule has 0 aliphatic heterocycles. The zero-order valence-electron chi connectivity index (χ0n) is 13.0. The standard InChI is InChI=1S/C16H13N3O5S/c1-24-15(21)10-6-8-11(9-7-10)17-16(25)18-14(20)12-4-2-3-5-13(12)19(22)23/h2-9H,1H3,(H2,17,18,20,25). The molecule has 0 atom stereocenters. The predicted octanol–water partition coefficient (Wildman–Crippen LogP) is 2.51. The number of hydrogen-bond donors (Lipinski definition) is 2. The summed E-state index contributed by atoms with van der Waals surface area (Å²) in [6.45, 7) is 0. The van der Waals surface area contributed by atoms with Gasteiger partial charge in [-0.1, -0.05) is 12.1 Å². The smallest absolute Gasteiger partial charge is 0.337 e. The van der Waals surface area contributed by atoms with Gasteiger partial charge in [-0.05, 0) is 42.5 Å². The monoisotopic (exact) mass is 359 g/mol. The lowest BCUT2D eigenvalue weighted by Gasteiger charge is -2.10. The first-order valence-corrected chi connectivity index (χ1v) is 7.37. The lowest BCUT2D eigenvalue weighted by atomic mass is 10.1. The lowest BCUT2D eigenvalue weighted by Crippen LogP contribution is -2.34. The van der Waals surface area contributed by atoms with Crippen LogP contribution in [0.25, 0.3) is 0 Å². The first-order valence-electron chi connectivity index (χ1n) is 6.96. The number of ether oxygens (including phenoxy) is 1. The van der Waals surface area contributed by atoms with E-state index in [2.05, 4.69) is 15.4 Å². The molecule has 1 amide bonds. The fourth-order valence-corrected chi connectivity index (χ4v) is 2.18. The molecule has 25 heavy (non-hydrogen) atoms. The maximum absolute atomic E-state index is 12.1. The molecular formula is C16H13N3O5S. The van der Waals surface area contributed by atoms with Crippen LogP contribution < -0.4 is 10.6 Å². The Hall–Kier alpha value is -3.33. The summed E-state index contributed by atoms with van der Waals surface area (Å²) in [5, 5.41) is 16.0. The Bertz CT molecular complexity index is 836. The molecule has 0 radical (unpaired) electrons. The lowest BCUT2D eigenvalue weighted by molar-refractivity contribution is -0.385. The van der Waals surface area contributed by atoms with E-state index in [9.17, 15) is 19.7 Å². The van der Waals surface area contributed by atoms with Gasteiger partial charge >= 0.3 is 5.97 Å². The Balaban J connectivity index is 2.04. The van der Waals surface area contributed by atoms with E-state index in [-0.39, 0.29) is 16.4 Å². The van der Waals surface area contributed by atoms with E-state index in [0.717, 1.165) is 0 Å². The second-order valence-corrected chi connectivity index (χ2v) is 5.16. The van der Waals surface area contributed by atoms with Gasteiger partial charge in [-0.15, -0.1) is 0 Å². The van der Waals surface area contributed by atoms with Crippen LogP contribution in [0, 0.1) is 10.1 Å². The Morgan fingerprint density at radius 3 is 2.36 bits per heavy atom. The van der Waals surface area contributed by atoms with Gasteiger partial charge in [0.25, 0.3) is 11.6 Å². The number of nitro benzene ring substituents is 1. The van der Waals surface area contributed by atoms with Gasteiger partial charge in [0.1, 0.15) is 5.56 Å². The average molecular weight is 359 g/mol. The summed E-state index contributed by atoms with van der Waals surface area (Å²) in [7, 11) is 1.28. The summed E-state index contributed by atoms with van der Waals surface area (Å²) < 4.78 is 4.59. The number of amides is 1. The Kier molecular flexibility index (Phi) is 5.75. The Morgan fingerprint density at radius 2 is 1.76 bits per heavy atom. The van der Waals surface area contributed by atoms with E-state index in [0.29, 0.717) is 11.3 Å². The van der Waals surface area contributed by atoms with Crippen molar-refractivity contribution in [1.29, 1.82) is 0 Å². The molecule has 2 rings (SSSR count). The largest absolute Gasteiger partial charge is 0.465 e. The number of hydrogen-bond acceptors (Lipinski definition) is 6. The van der Waals surface area contributed by atoms with Crippen LogP contribution in [-0.2, 0) is 4.74 Å². The summed E-state index contributed by atoms with van der Waals surface area (Å²) in [5.41, 5.74) is 0.478. The number of benzene rings is 2. The predicted molar refractivity (Wildman–Crippen MR) is 94.6 cm³/mol. The first kappa shape index (κ1) is 18.0. The molecule has 2 aromatic carbocycles. The van der Waals surface area contributed by atoms with E-state index < -0.39 is 16.8 Å². The number of methoxy groups -OCH3 is 1. The molecule has 0 heterocycles. The maximum atomic E-state index is 12.1. The minimum absolute atomic E-state index is 0.0334. The molecule has 0 aromatic heterocycles. The molecule has 0 spiro atoms. The third-order valence-corrected chi connectivity index (χ3v) is 3.34. The average Bonchev–Trinajstić information content (AvgIpc) is 2.61. The summed E-state index contributed by atoms with van der Waals surface area (Å²) in [5.74, 6) is -1.17. The zero-order valence-corrected chi connectivity index (χ0v) is 13.8. The molecule has 128 valence electrons. The fourth-order valence-electron chi connectivity index (χ4n) is 1.97. The third kappa shape index (κ3) is 4.58. The minimum atomic E-state index is -0.698. The molecule has 0 fully saturated rings. The number of esters is 1. The second kappa shape index (κ2) is 7.97. The third-order valence-electron chi connectivity index (χ3n) is 3.14. The van der Waals surface area contributed by atoms with Crippen molar-refractivity contribution in [1.82, 2.24) is 5.32 Å². The molecule has 0 unspecified atom stereocenters. The van der Waals surface area contributed by atoms with E-state index in [1.54, 1.807) is 12.1 Å². The molecule has 0 aliphatic rings. The quantitative estimate of drug-likeness (QED) is 0.373. The van der Waals surface area contributed by atoms with Crippen molar-refractivity contribution < 1.29 is 19.2 Å². The number of thiocarbonyl (C=S) groups is 1. The number of carbonyl (C=O) groups is 2. The molecule has 0 saturated heterocycles. The van der Waals surface area contributed by atoms with Gasteiger partial charge in [-0.25, -0.2) is 4.79 Å². The van der Waals surface area contributed by atoms with Crippen LogP contribution in [0.5, 0.6) is 0 Å². The fraction of sp³-hybridized carbons (Fsp3) is 0.0625. The van der Waals surface area contributed by atoms with Gasteiger partial charge in [0, 0.05) is 11.8 Å². The highest BCUT2D eigenvalue weighted by atomic mass is 32.1. The number of nitrogens with one attached hydrogen (secondary N) is 2. The molecular weight excluding hydrogens is 346 g/mol. The summed E-state index contributed by atoms with van der Waals surface area (Å²) in [6.07, 6.45) is 0. The van der Waals surface area contributed by atoms with Gasteiger partial charge in [-0.2, -0.15) is 0 Å². The molecule has 2 aromatic rings. The van der Waals surface area contributed by atoms with Crippen molar-refractivity contribution in [2.75, 3.05) is 12.4 Å². The van der Waals surface area contributed by atoms with Crippen LogP contribution in [0.15, 0.2) is 48.5 Å². The maximum Gasteiger partial charge on any atom is 0.337 e. The Morgan fingerprint density at radius 1 is 1.12 bits per heavy atom. The number of rotatable bonds is 4. The van der Waals surface area contributed by atoms with Crippen LogP contribution in [0.4, 0.5) is 11.4 Å². The highest BCUT2D eigenvalue weighted by molar-refractivity contribution is 7.80. The van der Waals surface area contributed by atoms with E-state index in [1.807, 2.05) is 0 Å². The van der Waals surface area contributed by atoms with Crippen molar-refractivity contribution in [2.24, 2.45) is 0 Å². The van der Waals surface area contributed by atoms with Crippen LogP contribution in [-0.4, -0.2) is 29.0 Å². The van der Waals surface area contributed by atoms with Crippen molar-refractivity contribution in [3.8, 4) is 0 Å². The van der Waals surface area contributed by atoms with E-state index in [4.69, 9.17) is 12.2 Å². The SMILES string of the molecule is COC(=O)c1ccc(NC(=S)NC(=O)c2ccccc2[N+](=O)[O-])cc1. The van der Waals surface area contributed by atoms with Crippen LogP contribution in [0.3, 0.4) is 0 Å². The molecule has 0 bridgehead atoms. The number of carbonyl (C=O) groups excluding carboxylic acids is 2. The molecule has 2 N–H and O–H groups in total. The Labute approximate surface area is 147 Å². The minimum Gasteiger partial charge on any atom is -0.465 e. The summed E-state index contributed by atoms with van der Waals surface area (Å²) in [6, 6.07) is 11.8. The summed E-state index contributed by atoms with van der Waals surface area (Å²) in [4.78, 5) is 33.8. The normalized spacial score (nSPS) is 9.80. The van der Waals surface area contributed by atoms with Gasteiger partial charge in [-0.3, -0.25) is 20.2 Å². The highest BCUT2D eigenvalue weighted by Crippen LogP contribution is 2.17. The second-order valence-electron chi connectivity index (χ2n) is 4.75. The molecule has 0 aliphatic carbocycles. The van der Waals surface area contributed by atoms with Crippen molar-refractivity contribution in [2.45, 2.75) is 0 Å². The molecule has 0 saturated carbocycles. The van der Waals surface area contributed by atoms with Gasteiger partial charge < -0.3 is 10.1 Å². The van der Waals surface area contributed by atoms with Gasteiger partial charge in [0.2, 0.25) is 0 Å².